The van der Waals surface area contributed by atoms with Crippen LogP contribution in [0.3, 0.4) is 0 Å². The summed E-state index contributed by atoms with van der Waals surface area (Å²) in [4.78, 5) is 18.9. The molecule has 22 heavy (non-hydrogen) atoms. The number of hydrogen-bond acceptors (Lipinski definition) is 5. The zero-order valence-corrected chi connectivity index (χ0v) is 12.9. The summed E-state index contributed by atoms with van der Waals surface area (Å²) in [6, 6.07) is 3.40. The van der Waals surface area contributed by atoms with Gasteiger partial charge in [0.25, 0.3) is 5.91 Å². The Morgan fingerprint density at radius 3 is 2.68 bits per heavy atom. The topological polar surface area (TPSA) is 80.5 Å². The van der Waals surface area contributed by atoms with E-state index < -0.39 is 0 Å². The molecule has 1 saturated carbocycles. The van der Waals surface area contributed by atoms with Gasteiger partial charge >= 0.3 is 0 Å². The van der Waals surface area contributed by atoms with E-state index in [1.807, 2.05) is 0 Å². The Labute approximate surface area is 131 Å². The molecule has 0 unspecified atom stereocenters. The predicted octanol–water partition coefficient (Wildman–Crippen LogP) is 1.04. The first-order valence-electron chi connectivity index (χ1n) is 8.01. The molecule has 1 amide bonds. The highest BCUT2D eigenvalue weighted by Gasteiger charge is 2.37. The second-order valence-electron chi connectivity index (χ2n) is 6.30. The molecule has 3 rings (SSSR count). The molecule has 1 aliphatic heterocycles. The highest BCUT2D eigenvalue weighted by molar-refractivity contribution is 5.94. The van der Waals surface area contributed by atoms with Crippen molar-refractivity contribution in [3.63, 3.8) is 0 Å². The molecule has 6 nitrogen and oxygen atoms in total. The van der Waals surface area contributed by atoms with Gasteiger partial charge in [-0.3, -0.25) is 9.69 Å². The van der Waals surface area contributed by atoms with Crippen LogP contribution in [-0.2, 0) is 4.74 Å². The third-order valence-corrected chi connectivity index (χ3v) is 4.62. The van der Waals surface area contributed by atoms with Crippen molar-refractivity contribution in [1.82, 2.24) is 15.2 Å². The maximum absolute atomic E-state index is 12.5. The predicted molar refractivity (Wildman–Crippen MR) is 84.6 cm³/mol. The summed E-state index contributed by atoms with van der Waals surface area (Å²) < 4.78 is 5.41. The van der Waals surface area contributed by atoms with Gasteiger partial charge in [-0.15, -0.1) is 0 Å². The fraction of sp³-hybridized carbons (Fsp3) is 0.625. The maximum Gasteiger partial charge on any atom is 0.253 e. The number of carbonyl (C=O) groups is 1. The van der Waals surface area contributed by atoms with Gasteiger partial charge in [0.15, 0.2) is 0 Å². The molecule has 6 heteroatoms. The Balaban J connectivity index is 1.67. The zero-order valence-electron chi connectivity index (χ0n) is 12.9. The number of amides is 1. The normalized spacial score (nSPS) is 21.6. The van der Waals surface area contributed by atoms with Crippen LogP contribution < -0.4 is 11.1 Å². The van der Waals surface area contributed by atoms with E-state index >= 15 is 0 Å². The van der Waals surface area contributed by atoms with Crippen molar-refractivity contribution < 1.29 is 9.53 Å². The number of pyridine rings is 1. The van der Waals surface area contributed by atoms with Crippen LogP contribution >= 0.6 is 0 Å². The van der Waals surface area contributed by atoms with Gasteiger partial charge in [0.05, 0.1) is 24.3 Å². The smallest absolute Gasteiger partial charge is 0.253 e. The molecule has 1 aromatic heterocycles. The third kappa shape index (κ3) is 3.56. The number of anilines is 1. The number of rotatable bonds is 4. The van der Waals surface area contributed by atoms with Crippen molar-refractivity contribution in [1.29, 1.82) is 0 Å². The molecule has 2 fully saturated rings. The molecule has 2 heterocycles. The van der Waals surface area contributed by atoms with E-state index in [0.29, 0.717) is 11.4 Å². The van der Waals surface area contributed by atoms with E-state index in [9.17, 15) is 4.79 Å². The van der Waals surface area contributed by atoms with Crippen LogP contribution in [0.25, 0.3) is 0 Å². The van der Waals surface area contributed by atoms with Gasteiger partial charge in [0, 0.05) is 25.8 Å². The molecule has 1 aromatic rings. The summed E-state index contributed by atoms with van der Waals surface area (Å²) in [6.07, 6.45) is 5.97. The second kappa shape index (κ2) is 6.62. The summed E-state index contributed by atoms with van der Waals surface area (Å²) in [5.41, 5.74) is 6.04. The van der Waals surface area contributed by atoms with E-state index in [1.165, 1.54) is 12.8 Å². The van der Waals surface area contributed by atoms with Crippen molar-refractivity contribution in [2.45, 2.75) is 31.2 Å². The molecule has 120 valence electrons. The highest BCUT2D eigenvalue weighted by Crippen LogP contribution is 2.31. The van der Waals surface area contributed by atoms with E-state index in [2.05, 4.69) is 15.2 Å². The van der Waals surface area contributed by atoms with Crippen LogP contribution in [0.4, 0.5) is 5.82 Å². The maximum atomic E-state index is 12.5. The van der Waals surface area contributed by atoms with E-state index in [-0.39, 0.29) is 11.4 Å². The van der Waals surface area contributed by atoms with Crippen LogP contribution in [0.5, 0.6) is 0 Å². The lowest BCUT2D eigenvalue weighted by atomic mass is 9.95. The van der Waals surface area contributed by atoms with Gasteiger partial charge in [-0.2, -0.15) is 0 Å². The third-order valence-electron chi connectivity index (χ3n) is 4.62. The monoisotopic (exact) mass is 304 g/mol. The van der Waals surface area contributed by atoms with Crippen molar-refractivity contribution in [3.05, 3.63) is 23.9 Å². The Morgan fingerprint density at radius 1 is 1.32 bits per heavy atom. The fourth-order valence-electron chi connectivity index (χ4n) is 3.41. The van der Waals surface area contributed by atoms with E-state index in [0.717, 1.165) is 45.7 Å². The largest absolute Gasteiger partial charge is 0.384 e. The number of ether oxygens (including phenoxy) is 1. The van der Waals surface area contributed by atoms with Crippen molar-refractivity contribution >= 4 is 11.7 Å². The quantitative estimate of drug-likeness (QED) is 0.868. The number of nitrogen functional groups attached to an aromatic ring is 1. The molecule has 1 aliphatic carbocycles. The van der Waals surface area contributed by atoms with Crippen LogP contribution in [-0.4, -0.2) is 54.2 Å². The Hall–Kier alpha value is -1.66. The number of carbonyl (C=O) groups excluding carboxylic acids is 1. The minimum Gasteiger partial charge on any atom is -0.384 e. The molecule has 1 saturated heterocycles. The first kappa shape index (κ1) is 15.2. The van der Waals surface area contributed by atoms with Crippen LogP contribution in [0.1, 0.15) is 36.0 Å². The number of aromatic nitrogens is 1. The van der Waals surface area contributed by atoms with Crippen molar-refractivity contribution in [3.8, 4) is 0 Å². The first-order chi connectivity index (χ1) is 10.7. The van der Waals surface area contributed by atoms with Gasteiger partial charge in [0.2, 0.25) is 0 Å². The molecular weight excluding hydrogens is 280 g/mol. The second-order valence-corrected chi connectivity index (χ2v) is 6.30. The Bertz CT molecular complexity index is 505. The lowest BCUT2D eigenvalue weighted by molar-refractivity contribution is 0.0238. The standard InChI is InChI=1S/C16H24N4O2/c17-14-4-3-13(11-18-14)15(21)19-16(5-1-2-6-16)12-20-7-9-22-10-8-20/h3-4,11H,1-2,5-10,12H2,(H2,17,18)(H,19,21). The SMILES string of the molecule is Nc1ccc(C(=O)NC2(CN3CCOCC3)CCCC2)cn1. The molecular formula is C16H24N4O2. The average Bonchev–Trinajstić information content (AvgIpc) is 2.97. The molecule has 0 aromatic carbocycles. The summed E-state index contributed by atoms with van der Waals surface area (Å²) in [5.74, 6) is 0.378. The molecule has 3 N–H and O–H groups in total. The fourth-order valence-corrected chi connectivity index (χ4v) is 3.41. The Morgan fingerprint density at radius 2 is 2.05 bits per heavy atom. The number of nitrogens with one attached hydrogen (secondary N) is 1. The summed E-state index contributed by atoms with van der Waals surface area (Å²) in [6.45, 7) is 4.37. The van der Waals surface area contributed by atoms with Crippen molar-refractivity contribution in [2.75, 3.05) is 38.6 Å². The van der Waals surface area contributed by atoms with Crippen LogP contribution in [0.15, 0.2) is 18.3 Å². The molecule has 2 aliphatic rings. The molecule has 0 bridgehead atoms. The number of morpholine rings is 1. The highest BCUT2D eigenvalue weighted by atomic mass is 16.5. The van der Waals surface area contributed by atoms with Crippen molar-refractivity contribution in [2.24, 2.45) is 0 Å². The minimum absolute atomic E-state index is 0.0531. The summed E-state index contributed by atoms with van der Waals surface area (Å²) in [7, 11) is 0. The van der Waals surface area contributed by atoms with Gasteiger partial charge in [0.1, 0.15) is 5.82 Å². The average molecular weight is 304 g/mol. The summed E-state index contributed by atoms with van der Waals surface area (Å²) >= 11 is 0. The van der Waals surface area contributed by atoms with Gasteiger partial charge in [-0.05, 0) is 25.0 Å². The van der Waals surface area contributed by atoms with Gasteiger partial charge in [-0.1, -0.05) is 12.8 Å². The lowest BCUT2D eigenvalue weighted by Crippen LogP contribution is -2.55. The van der Waals surface area contributed by atoms with Gasteiger partial charge < -0.3 is 15.8 Å². The number of nitrogens with two attached hydrogens (primary N) is 1. The van der Waals surface area contributed by atoms with E-state index in [1.54, 1.807) is 18.3 Å². The van der Waals surface area contributed by atoms with Crippen LogP contribution in [0, 0.1) is 0 Å². The zero-order chi connectivity index (χ0) is 15.4. The Kier molecular flexibility index (Phi) is 4.59. The lowest BCUT2D eigenvalue weighted by Gasteiger charge is -2.37. The van der Waals surface area contributed by atoms with Gasteiger partial charge in [-0.25, -0.2) is 4.98 Å². The number of hydrogen-bond donors (Lipinski definition) is 2. The first-order valence-corrected chi connectivity index (χ1v) is 8.01. The molecule has 0 atom stereocenters. The summed E-state index contributed by atoms with van der Waals surface area (Å²) in [5, 5.41) is 3.27. The molecule has 0 spiro atoms. The minimum atomic E-state index is -0.115. The van der Waals surface area contributed by atoms with Crippen LogP contribution in [0.2, 0.25) is 0 Å². The molecule has 0 radical (unpaired) electrons. The number of nitrogens with zero attached hydrogens (tertiary/aromatic N) is 2. The van der Waals surface area contributed by atoms with E-state index in [4.69, 9.17) is 10.5 Å².